The van der Waals surface area contributed by atoms with Crippen LogP contribution in [0, 0.1) is 0 Å². The number of nitrogens with one attached hydrogen (secondary N) is 1. The number of benzene rings is 1. The molecule has 7 heteroatoms. The van der Waals surface area contributed by atoms with E-state index in [1.165, 1.54) is 23.1 Å². The molecule has 6 nitrogen and oxygen atoms in total. The highest BCUT2D eigenvalue weighted by Gasteiger charge is 2.12. The second-order valence-corrected chi connectivity index (χ2v) is 4.96. The topological polar surface area (TPSA) is 89.9 Å². The molecule has 20 heavy (non-hydrogen) atoms. The molecule has 1 aromatic carbocycles. The molecule has 110 valence electrons. The maximum Gasteiger partial charge on any atom is 0.335 e. The third-order valence-corrected chi connectivity index (χ3v) is 2.84. The van der Waals surface area contributed by atoms with Crippen LogP contribution in [0.1, 0.15) is 23.7 Å². The summed E-state index contributed by atoms with van der Waals surface area (Å²) in [7, 11) is 1.58. The fourth-order valence-electron chi connectivity index (χ4n) is 1.49. The first-order valence-electron chi connectivity index (χ1n) is 6.03. The van der Waals surface area contributed by atoms with Crippen LogP contribution in [-0.4, -0.2) is 46.8 Å². The molecule has 0 aliphatic rings. The van der Waals surface area contributed by atoms with Crippen LogP contribution in [0.2, 0.25) is 5.02 Å². The fraction of sp³-hybridized carbons (Fsp3) is 0.385. The van der Waals surface area contributed by atoms with Crippen LogP contribution in [-0.2, 0) is 0 Å². The van der Waals surface area contributed by atoms with Gasteiger partial charge in [0.15, 0.2) is 0 Å². The molecule has 0 aliphatic carbocycles. The quantitative estimate of drug-likeness (QED) is 0.778. The zero-order valence-electron chi connectivity index (χ0n) is 11.3. The van der Waals surface area contributed by atoms with Gasteiger partial charge in [0.1, 0.15) is 0 Å². The lowest BCUT2D eigenvalue weighted by Gasteiger charge is -2.19. The van der Waals surface area contributed by atoms with Crippen molar-refractivity contribution in [3.8, 4) is 0 Å². The van der Waals surface area contributed by atoms with Gasteiger partial charge in [-0.15, -0.1) is 0 Å². The number of aliphatic hydroxyl groups is 1. The van der Waals surface area contributed by atoms with E-state index in [2.05, 4.69) is 5.32 Å². The SMILES string of the molecule is CC(O)CCN(C)C(=O)Nc1cc(Cl)cc(C(=O)O)c1. The van der Waals surface area contributed by atoms with Crippen molar-refractivity contribution in [3.05, 3.63) is 28.8 Å². The zero-order valence-corrected chi connectivity index (χ0v) is 12.0. The van der Waals surface area contributed by atoms with Crippen LogP contribution in [0.5, 0.6) is 0 Å². The van der Waals surface area contributed by atoms with Crippen LogP contribution < -0.4 is 5.32 Å². The minimum atomic E-state index is -1.12. The number of rotatable bonds is 5. The minimum absolute atomic E-state index is 0.000525. The monoisotopic (exact) mass is 300 g/mol. The van der Waals surface area contributed by atoms with E-state index < -0.39 is 18.1 Å². The Labute approximate surface area is 122 Å². The van der Waals surface area contributed by atoms with Crippen LogP contribution in [0.4, 0.5) is 10.5 Å². The number of nitrogens with zero attached hydrogens (tertiary/aromatic N) is 1. The van der Waals surface area contributed by atoms with Gasteiger partial charge in [-0.25, -0.2) is 9.59 Å². The van der Waals surface area contributed by atoms with Crippen molar-refractivity contribution in [2.75, 3.05) is 18.9 Å². The maximum absolute atomic E-state index is 11.9. The highest BCUT2D eigenvalue weighted by atomic mass is 35.5. The Kier molecular flexibility index (Phi) is 5.79. The maximum atomic E-state index is 11.9. The van der Waals surface area contributed by atoms with Gasteiger partial charge in [-0.1, -0.05) is 11.6 Å². The first-order valence-corrected chi connectivity index (χ1v) is 6.41. The number of carbonyl (C=O) groups excluding carboxylic acids is 1. The van der Waals surface area contributed by atoms with Crippen LogP contribution in [0.15, 0.2) is 18.2 Å². The molecule has 1 atom stereocenters. The molecule has 0 spiro atoms. The lowest BCUT2D eigenvalue weighted by Crippen LogP contribution is -2.33. The van der Waals surface area contributed by atoms with E-state index in [0.29, 0.717) is 18.7 Å². The third kappa shape index (κ3) is 5.07. The highest BCUT2D eigenvalue weighted by Crippen LogP contribution is 2.19. The zero-order chi connectivity index (χ0) is 15.3. The normalized spacial score (nSPS) is 11.8. The standard InChI is InChI=1S/C13H17ClN2O4/c1-8(17)3-4-16(2)13(20)15-11-6-9(12(18)19)5-10(14)7-11/h5-8,17H,3-4H2,1-2H3,(H,15,20)(H,18,19). The number of hydrogen-bond acceptors (Lipinski definition) is 3. The van der Waals surface area contributed by atoms with Crippen LogP contribution in [0.25, 0.3) is 0 Å². The number of carboxylic acid groups (broad SMARTS) is 1. The van der Waals surface area contributed by atoms with Crippen molar-refractivity contribution in [3.63, 3.8) is 0 Å². The average molecular weight is 301 g/mol. The first-order chi connectivity index (χ1) is 9.29. The summed E-state index contributed by atoms with van der Waals surface area (Å²) >= 11 is 5.80. The average Bonchev–Trinajstić information content (AvgIpc) is 2.34. The van der Waals surface area contributed by atoms with E-state index in [1.54, 1.807) is 14.0 Å². The lowest BCUT2D eigenvalue weighted by atomic mass is 10.2. The number of aliphatic hydroxyl groups excluding tert-OH is 1. The summed E-state index contributed by atoms with van der Waals surface area (Å²) in [5.41, 5.74) is 0.309. The van der Waals surface area contributed by atoms with Crippen molar-refractivity contribution in [2.45, 2.75) is 19.4 Å². The van der Waals surface area contributed by atoms with Gasteiger partial charge in [0.05, 0.1) is 11.7 Å². The van der Waals surface area contributed by atoms with Gasteiger partial charge in [0.25, 0.3) is 0 Å². The number of amides is 2. The first kappa shape index (κ1) is 16.3. The molecule has 3 N–H and O–H groups in total. The Morgan fingerprint density at radius 3 is 2.60 bits per heavy atom. The summed E-state index contributed by atoms with van der Waals surface area (Å²) < 4.78 is 0. The summed E-state index contributed by atoms with van der Waals surface area (Å²) in [6.45, 7) is 2.03. The second-order valence-electron chi connectivity index (χ2n) is 4.52. The van der Waals surface area contributed by atoms with Crippen molar-refractivity contribution in [2.24, 2.45) is 0 Å². The van der Waals surface area contributed by atoms with E-state index in [0.717, 1.165) is 0 Å². The Balaban J connectivity index is 2.72. The molecule has 0 radical (unpaired) electrons. The number of carbonyl (C=O) groups is 2. The second kappa shape index (κ2) is 7.12. The molecule has 0 heterocycles. The molecule has 0 saturated heterocycles. The van der Waals surface area contributed by atoms with E-state index in [9.17, 15) is 9.59 Å². The summed E-state index contributed by atoms with van der Waals surface area (Å²) in [4.78, 5) is 24.1. The van der Waals surface area contributed by atoms with Gasteiger partial charge in [-0.2, -0.15) is 0 Å². The van der Waals surface area contributed by atoms with Gasteiger partial charge in [-0.3, -0.25) is 0 Å². The van der Waals surface area contributed by atoms with Gasteiger partial charge in [0.2, 0.25) is 0 Å². The van der Waals surface area contributed by atoms with Gasteiger partial charge < -0.3 is 20.4 Å². The molecule has 0 saturated carbocycles. The number of aromatic carboxylic acids is 1. The largest absolute Gasteiger partial charge is 0.478 e. The summed E-state index contributed by atoms with van der Waals surface area (Å²) in [6.07, 6.45) is -0.0325. The molecular weight excluding hydrogens is 284 g/mol. The molecule has 2 amide bonds. The molecule has 0 aliphatic heterocycles. The predicted octanol–water partition coefficient (Wildman–Crippen LogP) is 2.27. The number of carboxylic acids is 1. The van der Waals surface area contributed by atoms with E-state index in [1.807, 2.05) is 0 Å². The predicted molar refractivity (Wildman–Crippen MR) is 76.4 cm³/mol. The number of urea groups is 1. The van der Waals surface area contributed by atoms with Gasteiger partial charge in [0, 0.05) is 24.3 Å². The summed E-state index contributed by atoms with van der Waals surface area (Å²) in [6, 6.07) is 3.70. The Hall–Kier alpha value is -1.79. The van der Waals surface area contributed by atoms with Crippen molar-refractivity contribution in [1.29, 1.82) is 0 Å². The molecule has 1 unspecified atom stereocenters. The van der Waals surface area contributed by atoms with E-state index in [4.69, 9.17) is 21.8 Å². The van der Waals surface area contributed by atoms with Crippen molar-refractivity contribution in [1.82, 2.24) is 4.90 Å². The Bertz CT molecular complexity index is 505. The molecular formula is C13H17ClN2O4. The number of halogens is 1. The summed E-state index contributed by atoms with van der Waals surface area (Å²) in [5.74, 6) is -1.12. The van der Waals surface area contributed by atoms with Crippen LogP contribution in [0.3, 0.4) is 0 Å². The minimum Gasteiger partial charge on any atom is -0.478 e. The highest BCUT2D eigenvalue weighted by molar-refractivity contribution is 6.31. The molecule has 0 bridgehead atoms. The van der Waals surface area contributed by atoms with Gasteiger partial charge >= 0.3 is 12.0 Å². The van der Waals surface area contributed by atoms with Crippen molar-refractivity contribution < 1.29 is 19.8 Å². The molecule has 1 rings (SSSR count). The van der Waals surface area contributed by atoms with Crippen molar-refractivity contribution >= 4 is 29.3 Å². The third-order valence-electron chi connectivity index (χ3n) is 2.62. The lowest BCUT2D eigenvalue weighted by molar-refractivity contribution is 0.0697. The Morgan fingerprint density at radius 1 is 1.40 bits per heavy atom. The fourth-order valence-corrected chi connectivity index (χ4v) is 1.72. The number of anilines is 1. The van der Waals surface area contributed by atoms with E-state index in [-0.39, 0.29) is 10.6 Å². The summed E-state index contributed by atoms with van der Waals surface area (Å²) in [5, 5.41) is 20.9. The molecule has 0 fully saturated rings. The Morgan fingerprint density at radius 2 is 2.05 bits per heavy atom. The molecule has 0 aromatic heterocycles. The van der Waals surface area contributed by atoms with E-state index >= 15 is 0 Å². The smallest absolute Gasteiger partial charge is 0.335 e. The molecule has 1 aromatic rings. The van der Waals surface area contributed by atoms with Gasteiger partial charge in [-0.05, 0) is 31.5 Å². The van der Waals surface area contributed by atoms with Crippen LogP contribution >= 0.6 is 11.6 Å². The number of hydrogen-bond donors (Lipinski definition) is 3.